The fraction of sp³-hybridized carbons (Fsp3) is 0.429. The third-order valence-corrected chi connectivity index (χ3v) is 11.6. The monoisotopic (exact) mass is 852 g/mol. The number of halogens is 1. The first kappa shape index (κ1) is 45.7. The van der Waals surface area contributed by atoms with Crippen LogP contribution in [0.4, 0.5) is 14.9 Å². The van der Waals surface area contributed by atoms with Crippen LogP contribution in [0.3, 0.4) is 0 Å². The van der Waals surface area contributed by atoms with E-state index in [0.717, 1.165) is 5.56 Å². The number of aromatic hydroxyl groups is 1. The third-order valence-electron chi connectivity index (χ3n) is 9.75. The van der Waals surface area contributed by atoms with Crippen LogP contribution in [0.2, 0.25) is 0 Å². The van der Waals surface area contributed by atoms with E-state index < -0.39 is 51.1 Å². The molecule has 2 amide bonds. The normalized spacial score (nSPS) is 16.9. The number of anilines is 1. The SMILES string of the molecule is CC(C)CN(C[C@@H](O)[C@H](Cc1ccccc1)NC(=O)O[C@H]1CCOC1)S(=O)(=O)c1ccc(N)cc1.CC1(C)OCCn2c1nc(C(=O)NCc1ccc(F)cc1)c(O)c2=O. The van der Waals surface area contributed by atoms with E-state index in [1.54, 1.807) is 13.8 Å². The molecule has 16 nitrogen and oxygen atoms in total. The van der Waals surface area contributed by atoms with E-state index in [-0.39, 0.29) is 60.4 Å². The quantitative estimate of drug-likeness (QED) is 0.115. The Kier molecular flexibility index (Phi) is 15.4. The number of nitrogens with zero attached hydrogens (tertiary/aromatic N) is 3. The van der Waals surface area contributed by atoms with E-state index in [4.69, 9.17) is 19.9 Å². The lowest BCUT2D eigenvalue weighted by Crippen LogP contribution is -2.51. The van der Waals surface area contributed by atoms with E-state index in [1.807, 2.05) is 44.2 Å². The largest absolute Gasteiger partial charge is 0.501 e. The summed E-state index contributed by atoms with van der Waals surface area (Å²) in [7, 11) is -3.90. The zero-order valence-electron chi connectivity index (χ0n) is 34.0. The molecule has 3 atom stereocenters. The molecular weight excluding hydrogens is 800 g/mol. The van der Waals surface area contributed by atoms with Gasteiger partial charge in [-0.1, -0.05) is 56.3 Å². The number of benzene rings is 3. The number of sulfonamides is 1. The van der Waals surface area contributed by atoms with Gasteiger partial charge in [0.2, 0.25) is 15.8 Å². The maximum Gasteiger partial charge on any atom is 0.407 e. The number of aromatic nitrogens is 2. The number of rotatable bonds is 14. The number of nitrogen functional groups attached to an aromatic ring is 1. The molecule has 60 heavy (non-hydrogen) atoms. The Bertz CT molecular complexity index is 2230. The van der Waals surface area contributed by atoms with Crippen LogP contribution in [-0.4, -0.2) is 95.6 Å². The van der Waals surface area contributed by atoms with Crippen LogP contribution < -0.4 is 21.9 Å². The van der Waals surface area contributed by atoms with E-state index >= 15 is 0 Å². The molecule has 0 bridgehead atoms. The summed E-state index contributed by atoms with van der Waals surface area (Å²) in [6, 6.07) is 20.2. The Balaban J connectivity index is 0.000000240. The number of carbonyl (C=O) groups excluding carboxylic acids is 2. The number of hydrogen-bond acceptors (Lipinski definition) is 12. The Labute approximate surface area is 348 Å². The van der Waals surface area contributed by atoms with Crippen LogP contribution in [0.25, 0.3) is 0 Å². The van der Waals surface area contributed by atoms with Crippen LogP contribution in [0.15, 0.2) is 88.6 Å². The third kappa shape index (κ3) is 12.1. The number of amides is 2. The number of hydrogen-bond donors (Lipinski definition) is 5. The van der Waals surface area contributed by atoms with Gasteiger partial charge in [-0.3, -0.25) is 14.2 Å². The van der Waals surface area contributed by atoms with E-state index in [0.29, 0.717) is 43.9 Å². The van der Waals surface area contributed by atoms with Crippen molar-refractivity contribution < 1.29 is 46.8 Å². The minimum atomic E-state index is -3.90. The van der Waals surface area contributed by atoms with Crippen LogP contribution in [0.1, 0.15) is 61.6 Å². The molecule has 0 saturated carbocycles. The molecule has 6 rings (SSSR count). The van der Waals surface area contributed by atoms with Crippen molar-refractivity contribution in [3.8, 4) is 5.75 Å². The van der Waals surface area contributed by atoms with Crippen LogP contribution in [0, 0.1) is 11.7 Å². The smallest absolute Gasteiger partial charge is 0.407 e. The van der Waals surface area contributed by atoms with Gasteiger partial charge >= 0.3 is 6.09 Å². The van der Waals surface area contributed by atoms with Gasteiger partial charge in [0.1, 0.15) is 23.3 Å². The van der Waals surface area contributed by atoms with Gasteiger partial charge in [0.25, 0.3) is 11.5 Å². The average Bonchev–Trinajstić information content (AvgIpc) is 3.72. The Morgan fingerprint density at radius 1 is 1.03 bits per heavy atom. The Hall–Kier alpha value is -5.40. The van der Waals surface area contributed by atoms with Crippen LogP contribution in [-0.2, 0) is 49.3 Å². The lowest BCUT2D eigenvalue weighted by Gasteiger charge is -2.32. The first-order chi connectivity index (χ1) is 28.4. The predicted molar refractivity (Wildman–Crippen MR) is 220 cm³/mol. The summed E-state index contributed by atoms with van der Waals surface area (Å²) in [4.78, 5) is 41.5. The summed E-state index contributed by atoms with van der Waals surface area (Å²) in [6.45, 7) is 8.83. The first-order valence-electron chi connectivity index (χ1n) is 19.6. The summed E-state index contributed by atoms with van der Waals surface area (Å²) in [6.07, 6.45) is -1.29. The second-order valence-electron chi connectivity index (χ2n) is 15.4. The number of nitrogens with two attached hydrogens (primary N) is 1. The molecule has 2 aliphatic rings. The highest BCUT2D eigenvalue weighted by molar-refractivity contribution is 7.89. The molecule has 2 aliphatic heterocycles. The fourth-order valence-electron chi connectivity index (χ4n) is 6.59. The topological polar surface area (TPSA) is 225 Å². The molecule has 18 heteroatoms. The number of alkyl carbamates (subject to hydrolysis) is 1. The van der Waals surface area contributed by atoms with Gasteiger partial charge < -0.3 is 40.8 Å². The number of carbonyl (C=O) groups is 2. The molecular formula is C42H53FN6O10S. The molecule has 1 aromatic heterocycles. The van der Waals surface area contributed by atoms with Crippen molar-refractivity contribution in [2.24, 2.45) is 5.92 Å². The summed E-state index contributed by atoms with van der Waals surface area (Å²) in [5.74, 6) is -1.46. The predicted octanol–water partition coefficient (Wildman–Crippen LogP) is 3.69. The second-order valence-corrected chi connectivity index (χ2v) is 17.4. The van der Waals surface area contributed by atoms with Gasteiger partial charge in [-0.15, -0.1) is 0 Å². The van der Waals surface area contributed by atoms with Crippen molar-refractivity contribution in [2.45, 2.75) is 82.4 Å². The highest BCUT2D eigenvalue weighted by Crippen LogP contribution is 2.27. The maximum absolute atomic E-state index is 13.4. The van der Waals surface area contributed by atoms with Crippen molar-refractivity contribution >= 4 is 27.7 Å². The lowest BCUT2D eigenvalue weighted by molar-refractivity contribution is -0.0566. The van der Waals surface area contributed by atoms with Crippen molar-refractivity contribution in [1.82, 2.24) is 24.5 Å². The molecule has 0 aliphatic carbocycles. The molecule has 4 aromatic rings. The van der Waals surface area contributed by atoms with Crippen molar-refractivity contribution in [1.29, 1.82) is 0 Å². The zero-order chi connectivity index (χ0) is 43.6. The molecule has 1 fully saturated rings. The number of fused-ring (bicyclic) bond motifs is 1. The second kappa shape index (κ2) is 20.2. The van der Waals surface area contributed by atoms with E-state index in [9.17, 15) is 37.4 Å². The average molecular weight is 853 g/mol. The Morgan fingerprint density at radius 3 is 2.35 bits per heavy atom. The van der Waals surface area contributed by atoms with Gasteiger partial charge in [0.15, 0.2) is 5.69 Å². The molecule has 1 saturated heterocycles. The van der Waals surface area contributed by atoms with E-state index in [1.165, 1.54) is 57.4 Å². The van der Waals surface area contributed by atoms with Gasteiger partial charge in [-0.25, -0.2) is 22.6 Å². The van der Waals surface area contributed by atoms with Gasteiger partial charge in [-0.2, -0.15) is 4.31 Å². The van der Waals surface area contributed by atoms with Gasteiger partial charge in [0.05, 0.1) is 43.4 Å². The van der Waals surface area contributed by atoms with Crippen LogP contribution in [0.5, 0.6) is 5.75 Å². The van der Waals surface area contributed by atoms with Crippen molar-refractivity contribution in [3.63, 3.8) is 0 Å². The highest BCUT2D eigenvalue weighted by Gasteiger charge is 2.35. The molecule has 3 aromatic carbocycles. The van der Waals surface area contributed by atoms with Crippen LogP contribution >= 0.6 is 0 Å². The number of ether oxygens (including phenoxy) is 3. The molecule has 324 valence electrons. The Morgan fingerprint density at radius 2 is 1.72 bits per heavy atom. The molecule has 3 heterocycles. The number of aliphatic hydroxyl groups is 1. The van der Waals surface area contributed by atoms with Gasteiger partial charge in [-0.05, 0) is 73.7 Å². The summed E-state index contributed by atoms with van der Waals surface area (Å²) in [5.41, 5.74) is 5.86. The fourth-order valence-corrected chi connectivity index (χ4v) is 8.21. The minimum absolute atomic E-state index is 0.0126. The molecule has 0 unspecified atom stereocenters. The molecule has 0 radical (unpaired) electrons. The molecule has 0 spiro atoms. The van der Waals surface area contributed by atoms with E-state index in [2.05, 4.69) is 15.6 Å². The standard InChI is InChI=1S/C25H35N3O6S.C17H18FN3O4/c1-18(2)15-28(35(31,32)22-10-8-20(26)9-11-22)16-24(29)23(14-19-6-4-3-5-7-19)27-25(30)34-21-12-13-33-17-21;1-17(2)16-20-12(13(22)15(24)21(16)7-8-25-17)14(23)19-9-10-3-5-11(18)6-4-10/h3-11,18,21,23-24,29H,12-17,26H2,1-2H3,(H,27,30);3-6,22H,7-9H2,1-2H3,(H,19,23)/t21-,23-,24+;/m0./s1. The summed E-state index contributed by atoms with van der Waals surface area (Å²) >= 11 is 0. The van der Waals surface area contributed by atoms with Crippen molar-refractivity contribution in [3.05, 3.63) is 118 Å². The maximum atomic E-state index is 13.4. The summed E-state index contributed by atoms with van der Waals surface area (Å²) < 4.78 is 58.5. The highest BCUT2D eigenvalue weighted by atomic mass is 32.2. The number of aliphatic hydroxyl groups excluding tert-OH is 1. The minimum Gasteiger partial charge on any atom is -0.501 e. The number of nitrogens with one attached hydrogen (secondary N) is 2. The van der Waals surface area contributed by atoms with Crippen molar-refractivity contribution in [2.75, 3.05) is 38.6 Å². The van der Waals surface area contributed by atoms with Gasteiger partial charge in [0, 0.05) is 31.7 Å². The zero-order valence-corrected chi connectivity index (χ0v) is 34.9. The lowest BCUT2D eigenvalue weighted by atomic mass is 10.0. The molecule has 6 N–H and O–H groups in total. The summed E-state index contributed by atoms with van der Waals surface area (Å²) in [5, 5.41) is 26.6. The first-order valence-corrected chi connectivity index (χ1v) is 21.0.